The van der Waals surface area contributed by atoms with E-state index in [1.165, 1.54) is 0 Å². The molecule has 1 N–H and O–H groups in total. The summed E-state index contributed by atoms with van der Waals surface area (Å²) < 4.78 is 7.16. The number of carbonyl (C=O) groups excluding carboxylic acids is 1. The van der Waals surface area contributed by atoms with Gasteiger partial charge in [0.1, 0.15) is 5.69 Å². The van der Waals surface area contributed by atoms with Crippen LogP contribution < -0.4 is 5.32 Å². The molecule has 0 aliphatic rings. The Bertz CT molecular complexity index is 878. The molecule has 0 unspecified atom stereocenters. The first-order chi connectivity index (χ1) is 10.9. The summed E-state index contributed by atoms with van der Waals surface area (Å²) in [5, 5.41) is 14.7. The van der Waals surface area contributed by atoms with E-state index in [0.29, 0.717) is 17.1 Å². The molecule has 23 heavy (non-hydrogen) atoms. The van der Waals surface area contributed by atoms with E-state index in [2.05, 4.69) is 20.6 Å². The molecule has 7 heteroatoms. The summed E-state index contributed by atoms with van der Waals surface area (Å²) in [5.74, 6) is 0.0342. The third-order valence-electron chi connectivity index (χ3n) is 3.50. The lowest BCUT2D eigenvalue weighted by Gasteiger charge is -2.05. The summed E-state index contributed by atoms with van der Waals surface area (Å²) in [6.45, 7) is 5.70. The fraction of sp³-hybridized carbons (Fsp3) is 0.250. The number of aryl methyl sites for hydroxylation is 4. The fourth-order valence-electron chi connectivity index (χ4n) is 2.33. The van der Waals surface area contributed by atoms with Gasteiger partial charge < -0.3 is 4.42 Å². The predicted octanol–water partition coefficient (Wildman–Crippen LogP) is 2.65. The van der Waals surface area contributed by atoms with Crippen molar-refractivity contribution in [2.75, 3.05) is 5.32 Å². The molecule has 0 radical (unpaired) electrons. The Morgan fingerprint density at radius 1 is 1.17 bits per heavy atom. The summed E-state index contributed by atoms with van der Waals surface area (Å²) in [7, 11) is 1.79. The van der Waals surface area contributed by atoms with Crippen LogP contribution in [-0.2, 0) is 7.05 Å². The number of carbonyl (C=O) groups is 1. The van der Waals surface area contributed by atoms with Crippen LogP contribution in [-0.4, -0.2) is 25.9 Å². The van der Waals surface area contributed by atoms with Gasteiger partial charge in [0.05, 0.1) is 5.69 Å². The van der Waals surface area contributed by atoms with Crippen molar-refractivity contribution >= 4 is 11.9 Å². The number of nitrogens with one attached hydrogen (secondary N) is 1. The van der Waals surface area contributed by atoms with Crippen molar-refractivity contribution < 1.29 is 9.21 Å². The molecule has 3 aromatic rings. The van der Waals surface area contributed by atoms with Gasteiger partial charge in [-0.3, -0.25) is 14.8 Å². The molecule has 118 valence electrons. The Balaban J connectivity index is 1.83. The highest BCUT2D eigenvalue weighted by Gasteiger charge is 2.16. The summed E-state index contributed by atoms with van der Waals surface area (Å²) in [6, 6.07) is 7.59. The minimum atomic E-state index is -0.275. The molecule has 2 heterocycles. The van der Waals surface area contributed by atoms with Gasteiger partial charge in [0, 0.05) is 12.6 Å². The Morgan fingerprint density at radius 2 is 1.96 bits per heavy atom. The maximum Gasteiger partial charge on any atom is 0.322 e. The highest BCUT2D eigenvalue weighted by Crippen LogP contribution is 2.21. The van der Waals surface area contributed by atoms with Crippen molar-refractivity contribution in [1.82, 2.24) is 20.0 Å². The first-order valence-corrected chi connectivity index (χ1v) is 7.17. The zero-order chi connectivity index (χ0) is 16.6. The van der Waals surface area contributed by atoms with Crippen molar-refractivity contribution in [2.45, 2.75) is 20.8 Å². The number of hydrogen-bond acceptors (Lipinski definition) is 5. The molecule has 3 rings (SSSR count). The molecule has 2 aromatic heterocycles. The number of benzene rings is 1. The van der Waals surface area contributed by atoms with Gasteiger partial charge in [-0.2, -0.15) is 5.10 Å². The van der Waals surface area contributed by atoms with E-state index in [4.69, 9.17) is 4.42 Å². The van der Waals surface area contributed by atoms with Crippen LogP contribution in [0.25, 0.3) is 11.6 Å². The second kappa shape index (κ2) is 5.68. The van der Waals surface area contributed by atoms with Crippen molar-refractivity contribution in [3.63, 3.8) is 0 Å². The van der Waals surface area contributed by atoms with E-state index in [1.54, 1.807) is 11.7 Å². The second-order valence-corrected chi connectivity index (χ2v) is 5.48. The van der Waals surface area contributed by atoms with E-state index >= 15 is 0 Å². The van der Waals surface area contributed by atoms with Crippen molar-refractivity contribution in [2.24, 2.45) is 7.05 Å². The molecule has 0 spiro atoms. The highest BCUT2D eigenvalue weighted by molar-refractivity contribution is 6.04. The Kier molecular flexibility index (Phi) is 3.69. The van der Waals surface area contributed by atoms with Crippen LogP contribution in [0.1, 0.15) is 27.2 Å². The Morgan fingerprint density at radius 3 is 2.65 bits per heavy atom. The summed E-state index contributed by atoms with van der Waals surface area (Å²) in [6.07, 6.45) is 0. The number of amides is 1. The summed E-state index contributed by atoms with van der Waals surface area (Å²) in [4.78, 5) is 12.3. The molecule has 1 amide bonds. The topological polar surface area (TPSA) is 85.8 Å². The maximum atomic E-state index is 12.3. The van der Waals surface area contributed by atoms with E-state index in [0.717, 1.165) is 16.8 Å². The Hall–Kier alpha value is -2.96. The van der Waals surface area contributed by atoms with Crippen LogP contribution in [0.5, 0.6) is 0 Å². The first kappa shape index (κ1) is 15.0. The van der Waals surface area contributed by atoms with Crippen LogP contribution in [0.3, 0.4) is 0 Å². The van der Waals surface area contributed by atoms with Gasteiger partial charge in [0.15, 0.2) is 0 Å². The van der Waals surface area contributed by atoms with E-state index in [1.807, 2.05) is 45.0 Å². The fourth-order valence-corrected chi connectivity index (χ4v) is 2.33. The van der Waals surface area contributed by atoms with Gasteiger partial charge in [-0.1, -0.05) is 22.8 Å². The van der Waals surface area contributed by atoms with Gasteiger partial charge >= 0.3 is 6.01 Å². The molecule has 1 aromatic carbocycles. The lowest BCUT2D eigenvalue weighted by molar-refractivity contribution is 0.102. The molecule has 0 saturated heterocycles. The minimum Gasteiger partial charge on any atom is -0.401 e. The lowest BCUT2D eigenvalue weighted by atomic mass is 10.1. The van der Waals surface area contributed by atoms with E-state index in [-0.39, 0.29) is 11.9 Å². The molecule has 7 nitrogen and oxygen atoms in total. The zero-order valence-corrected chi connectivity index (χ0v) is 13.4. The number of anilines is 1. The Labute approximate surface area is 133 Å². The minimum absolute atomic E-state index is 0.0600. The van der Waals surface area contributed by atoms with Crippen LogP contribution in [0, 0.1) is 20.8 Å². The number of rotatable bonds is 3. The average Bonchev–Trinajstić information content (AvgIpc) is 3.07. The maximum absolute atomic E-state index is 12.3. The largest absolute Gasteiger partial charge is 0.401 e. The summed E-state index contributed by atoms with van der Waals surface area (Å²) >= 11 is 0. The van der Waals surface area contributed by atoms with E-state index < -0.39 is 0 Å². The molecule has 0 atom stereocenters. The number of aromatic nitrogens is 4. The van der Waals surface area contributed by atoms with Crippen LogP contribution >= 0.6 is 0 Å². The zero-order valence-electron chi connectivity index (χ0n) is 13.4. The quantitative estimate of drug-likeness (QED) is 0.803. The third kappa shape index (κ3) is 2.98. The molecular weight excluding hydrogens is 294 g/mol. The normalized spacial score (nSPS) is 10.8. The number of nitrogens with zero attached hydrogens (tertiary/aromatic N) is 4. The van der Waals surface area contributed by atoms with Gasteiger partial charge in [-0.15, -0.1) is 5.10 Å². The van der Waals surface area contributed by atoms with Gasteiger partial charge in [-0.25, -0.2) is 0 Å². The van der Waals surface area contributed by atoms with E-state index in [9.17, 15) is 4.79 Å². The van der Waals surface area contributed by atoms with Gasteiger partial charge in [0.2, 0.25) is 0 Å². The molecule has 0 saturated carbocycles. The third-order valence-corrected chi connectivity index (χ3v) is 3.50. The van der Waals surface area contributed by atoms with Gasteiger partial charge in [-0.05, 0) is 38.5 Å². The van der Waals surface area contributed by atoms with Crippen molar-refractivity contribution in [3.8, 4) is 11.6 Å². The second-order valence-electron chi connectivity index (χ2n) is 5.48. The van der Waals surface area contributed by atoms with Crippen LogP contribution in [0.15, 0.2) is 28.7 Å². The molecule has 0 bridgehead atoms. The predicted molar refractivity (Wildman–Crippen MR) is 85.1 cm³/mol. The summed E-state index contributed by atoms with van der Waals surface area (Å²) in [5.41, 5.74) is 4.03. The molecule has 0 aliphatic carbocycles. The van der Waals surface area contributed by atoms with Crippen LogP contribution in [0.4, 0.5) is 6.01 Å². The molecular formula is C16H17N5O2. The first-order valence-electron chi connectivity index (χ1n) is 7.17. The standard InChI is InChI=1S/C16H17N5O2/c1-9-5-6-10(2)12(7-9)14(22)17-16-19-18-15(23-16)13-8-11(3)20-21(13)4/h5-8H,1-4H3,(H,17,19,22). The van der Waals surface area contributed by atoms with Crippen molar-refractivity contribution in [1.29, 1.82) is 0 Å². The highest BCUT2D eigenvalue weighted by atomic mass is 16.4. The SMILES string of the molecule is Cc1ccc(C)c(C(=O)Nc2nnc(-c3cc(C)nn3C)o2)c1. The average molecular weight is 311 g/mol. The number of hydrogen-bond donors (Lipinski definition) is 1. The van der Waals surface area contributed by atoms with Gasteiger partial charge in [0.25, 0.3) is 11.8 Å². The monoisotopic (exact) mass is 311 g/mol. The van der Waals surface area contributed by atoms with Crippen molar-refractivity contribution in [3.05, 3.63) is 46.6 Å². The smallest absolute Gasteiger partial charge is 0.322 e. The molecule has 0 aliphatic heterocycles. The lowest BCUT2D eigenvalue weighted by Crippen LogP contribution is -2.13. The van der Waals surface area contributed by atoms with Crippen LogP contribution in [0.2, 0.25) is 0 Å². The molecule has 0 fully saturated rings.